The minimum atomic E-state index is -0.744. The first-order chi connectivity index (χ1) is 14.0. The molecule has 1 unspecified atom stereocenters. The van der Waals surface area contributed by atoms with Gasteiger partial charge in [0.05, 0.1) is 17.7 Å². The Morgan fingerprint density at radius 3 is 2.66 bits per heavy atom. The van der Waals surface area contributed by atoms with E-state index in [4.69, 9.17) is 9.84 Å². The summed E-state index contributed by atoms with van der Waals surface area (Å²) in [7, 11) is 0. The van der Waals surface area contributed by atoms with Crippen molar-refractivity contribution in [3.63, 3.8) is 0 Å². The molecule has 7 heteroatoms. The number of nitrogens with one attached hydrogen (secondary N) is 2. The van der Waals surface area contributed by atoms with E-state index < -0.39 is 5.97 Å². The van der Waals surface area contributed by atoms with Crippen LogP contribution in [-0.2, 0) is 11.4 Å². The van der Waals surface area contributed by atoms with Gasteiger partial charge in [0.25, 0.3) is 0 Å². The fourth-order valence-corrected chi connectivity index (χ4v) is 3.51. The van der Waals surface area contributed by atoms with Gasteiger partial charge >= 0.3 is 12.0 Å². The number of nitrogens with zero attached hydrogens (tertiary/aromatic N) is 1. The number of benzene rings is 1. The quantitative estimate of drug-likeness (QED) is 0.662. The van der Waals surface area contributed by atoms with Gasteiger partial charge in [0.2, 0.25) is 0 Å². The molecule has 1 atom stereocenters. The number of carbonyl (C=O) groups excluding carboxylic acids is 1. The van der Waals surface area contributed by atoms with Crippen molar-refractivity contribution in [3.05, 3.63) is 59.9 Å². The summed E-state index contributed by atoms with van der Waals surface area (Å²) in [6.07, 6.45) is 4.32. The van der Waals surface area contributed by atoms with Gasteiger partial charge in [-0.2, -0.15) is 0 Å². The van der Waals surface area contributed by atoms with E-state index in [2.05, 4.69) is 15.6 Å². The number of hydrogen-bond acceptors (Lipinski definition) is 4. The van der Waals surface area contributed by atoms with Crippen LogP contribution in [0.1, 0.15) is 49.9 Å². The Kier molecular flexibility index (Phi) is 7.05. The second-order valence-corrected chi connectivity index (χ2v) is 7.41. The lowest BCUT2D eigenvalue weighted by Gasteiger charge is -2.27. The van der Waals surface area contributed by atoms with Crippen molar-refractivity contribution in [2.24, 2.45) is 5.92 Å². The maximum absolute atomic E-state index is 12.3. The second kappa shape index (κ2) is 9.91. The van der Waals surface area contributed by atoms with E-state index in [1.165, 1.54) is 0 Å². The molecule has 1 aromatic carbocycles. The maximum Gasteiger partial charge on any atom is 0.315 e. The van der Waals surface area contributed by atoms with E-state index in [1.54, 1.807) is 6.20 Å². The highest BCUT2D eigenvalue weighted by Gasteiger charge is 2.26. The van der Waals surface area contributed by atoms with Crippen LogP contribution < -0.4 is 15.4 Å². The highest BCUT2D eigenvalue weighted by molar-refractivity contribution is 5.75. The Balaban J connectivity index is 1.48. The molecule has 1 fully saturated rings. The Bertz CT molecular complexity index is 820. The third-order valence-corrected chi connectivity index (χ3v) is 5.23. The van der Waals surface area contributed by atoms with Crippen LogP contribution in [0.25, 0.3) is 0 Å². The number of carboxylic acid groups (broad SMARTS) is 1. The lowest BCUT2D eigenvalue weighted by Crippen LogP contribution is -2.44. The SMILES string of the molecule is CC(NC(=O)NC1CCC(C(=O)O)CC1)c1cccc(OCc2ccccn2)c1. The minimum absolute atomic E-state index is 0.0193. The Labute approximate surface area is 170 Å². The zero-order chi connectivity index (χ0) is 20.6. The number of pyridine rings is 1. The van der Waals surface area contributed by atoms with Gasteiger partial charge in [-0.05, 0) is 62.4 Å². The lowest BCUT2D eigenvalue weighted by molar-refractivity contribution is -0.142. The summed E-state index contributed by atoms with van der Waals surface area (Å²) in [5.41, 5.74) is 1.79. The average Bonchev–Trinajstić information content (AvgIpc) is 2.73. The van der Waals surface area contributed by atoms with E-state index in [1.807, 2.05) is 49.4 Å². The number of urea groups is 1. The van der Waals surface area contributed by atoms with Crippen molar-refractivity contribution < 1.29 is 19.4 Å². The second-order valence-electron chi connectivity index (χ2n) is 7.41. The molecule has 29 heavy (non-hydrogen) atoms. The van der Waals surface area contributed by atoms with Crippen LogP contribution >= 0.6 is 0 Å². The van der Waals surface area contributed by atoms with Gasteiger partial charge < -0.3 is 20.5 Å². The molecule has 1 heterocycles. The molecule has 1 aliphatic carbocycles. The summed E-state index contributed by atoms with van der Waals surface area (Å²) in [4.78, 5) is 27.6. The van der Waals surface area contributed by atoms with Crippen molar-refractivity contribution in [3.8, 4) is 5.75 Å². The molecule has 154 valence electrons. The van der Waals surface area contributed by atoms with Crippen LogP contribution in [0.3, 0.4) is 0 Å². The van der Waals surface area contributed by atoms with Gasteiger partial charge in [0.1, 0.15) is 12.4 Å². The monoisotopic (exact) mass is 397 g/mol. The van der Waals surface area contributed by atoms with E-state index in [-0.39, 0.29) is 24.0 Å². The number of hydrogen-bond donors (Lipinski definition) is 3. The van der Waals surface area contributed by atoms with Crippen molar-refractivity contribution in [2.75, 3.05) is 0 Å². The summed E-state index contributed by atoms with van der Waals surface area (Å²) >= 11 is 0. The van der Waals surface area contributed by atoms with E-state index in [0.29, 0.717) is 38.0 Å². The number of aromatic nitrogens is 1. The van der Waals surface area contributed by atoms with Crippen molar-refractivity contribution >= 4 is 12.0 Å². The summed E-state index contributed by atoms with van der Waals surface area (Å²) in [5, 5.41) is 15.0. The summed E-state index contributed by atoms with van der Waals surface area (Å²) in [6, 6.07) is 12.9. The molecule has 1 aromatic heterocycles. The largest absolute Gasteiger partial charge is 0.487 e. The van der Waals surface area contributed by atoms with Gasteiger partial charge in [0, 0.05) is 12.2 Å². The molecule has 0 aliphatic heterocycles. The molecule has 0 radical (unpaired) electrons. The van der Waals surface area contributed by atoms with Gasteiger partial charge in [0.15, 0.2) is 0 Å². The number of amides is 2. The van der Waals surface area contributed by atoms with Crippen LogP contribution in [0, 0.1) is 5.92 Å². The molecule has 0 spiro atoms. The molecular formula is C22H27N3O4. The molecular weight excluding hydrogens is 370 g/mol. The molecule has 3 N–H and O–H groups in total. The fraction of sp³-hybridized carbons (Fsp3) is 0.409. The van der Waals surface area contributed by atoms with Gasteiger partial charge in [-0.1, -0.05) is 18.2 Å². The van der Waals surface area contributed by atoms with Crippen LogP contribution in [0.15, 0.2) is 48.7 Å². The van der Waals surface area contributed by atoms with Crippen molar-refractivity contribution in [1.82, 2.24) is 15.6 Å². The number of carboxylic acids is 1. The number of ether oxygens (including phenoxy) is 1. The van der Waals surface area contributed by atoms with Crippen molar-refractivity contribution in [1.29, 1.82) is 0 Å². The Morgan fingerprint density at radius 1 is 1.17 bits per heavy atom. The van der Waals surface area contributed by atoms with E-state index in [9.17, 15) is 9.59 Å². The molecule has 2 amide bonds. The normalized spacial score (nSPS) is 19.8. The highest BCUT2D eigenvalue weighted by atomic mass is 16.5. The number of carbonyl (C=O) groups is 2. The predicted molar refractivity (Wildman–Crippen MR) is 108 cm³/mol. The van der Waals surface area contributed by atoms with Crippen LogP contribution in [0.4, 0.5) is 4.79 Å². The molecule has 2 aromatic rings. The molecule has 1 aliphatic rings. The summed E-state index contributed by atoms with van der Waals surface area (Å²) < 4.78 is 5.80. The zero-order valence-corrected chi connectivity index (χ0v) is 16.5. The highest BCUT2D eigenvalue weighted by Crippen LogP contribution is 2.24. The van der Waals surface area contributed by atoms with E-state index in [0.717, 1.165) is 11.3 Å². The van der Waals surface area contributed by atoms with Gasteiger partial charge in [-0.15, -0.1) is 0 Å². The fourth-order valence-electron chi connectivity index (χ4n) is 3.51. The predicted octanol–water partition coefficient (Wildman–Crippen LogP) is 3.66. The van der Waals surface area contributed by atoms with Gasteiger partial charge in [-0.25, -0.2) is 4.79 Å². The molecule has 0 bridgehead atoms. The zero-order valence-electron chi connectivity index (χ0n) is 16.5. The first-order valence-corrected chi connectivity index (χ1v) is 9.94. The summed E-state index contributed by atoms with van der Waals surface area (Å²) in [5.74, 6) is -0.315. The Hall–Kier alpha value is -3.09. The molecule has 7 nitrogen and oxygen atoms in total. The third kappa shape index (κ3) is 6.20. The average molecular weight is 397 g/mol. The molecule has 3 rings (SSSR count). The van der Waals surface area contributed by atoms with Crippen molar-refractivity contribution in [2.45, 2.75) is 51.3 Å². The van der Waals surface area contributed by atoms with Gasteiger partial charge in [-0.3, -0.25) is 9.78 Å². The van der Waals surface area contributed by atoms with E-state index >= 15 is 0 Å². The van der Waals surface area contributed by atoms with Crippen LogP contribution in [-0.4, -0.2) is 28.1 Å². The summed E-state index contributed by atoms with van der Waals surface area (Å²) in [6.45, 7) is 2.30. The third-order valence-electron chi connectivity index (χ3n) is 5.23. The number of aliphatic carboxylic acids is 1. The maximum atomic E-state index is 12.3. The lowest BCUT2D eigenvalue weighted by atomic mass is 9.86. The first kappa shape index (κ1) is 20.6. The standard InChI is InChI=1S/C22H27N3O4/c1-15(24-22(28)25-18-10-8-16(9-11-18)21(26)27)17-5-4-7-20(13-17)29-14-19-6-2-3-12-23-19/h2-7,12-13,15-16,18H,8-11,14H2,1H3,(H,26,27)(H2,24,25,28). The van der Waals surface area contributed by atoms with Crippen LogP contribution in [0.5, 0.6) is 5.75 Å². The number of rotatable bonds is 7. The minimum Gasteiger partial charge on any atom is -0.487 e. The topological polar surface area (TPSA) is 101 Å². The molecule has 1 saturated carbocycles. The Morgan fingerprint density at radius 2 is 1.97 bits per heavy atom. The first-order valence-electron chi connectivity index (χ1n) is 9.94. The smallest absolute Gasteiger partial charge is 0.315 e. The van der Waals surface area contributed by atoms with Crippen LogP contribution in [0.2, 0.25) is 0 Å². The molecule has 0 saturated heterocycles.